The Balaban J connectivity index is 2.33. The average Bonchev–Trinajstić information content (AvgIpc) is 2.61. The third-order valence-electron chi connectivity index (χ3n) is 2.21. The van der Waals surface area contributed by atoms with Crippen LogP contribution in [0.1, 0.15) is 12.5 Å². The summed E-state index contributed by atoms with van der Waals surface area (Å²) in [6, 6.07) is 5.96. The third kappa shape index (κ3) is 2.18. The number of nitrogens with one attached hydrogen (secondary N) is 1. The highest BCUT2D eigenvalue weighted by Crippen LogP contribution is 2.27. The standard InChI is InChI=1S/C11H11ClN2OS/c1-6-4-3-5-8-9(6)13-11(16-8)14-10(15)7(2)12/h3-5,7H,1-2H3,(H,13,14,15)/t7-/m0/s1. The van der Waals surface area contributed by atoms with Gasteiger partial charge in [0.1, 0.15) is 5.38 Å². The molecule has 1 atom stereocenters. The number of carbonyl (C=O) groups excluding carboxylic acids is 1. The van der Waals surface area contributed by atoms with E-state index in [0.717, 1.165) is 15.8 Å². The van der Waals surface area contributed by atoms with Gasteiger partial charge in [-0.25, -0.2) is 4.98 Å². The zero-order chi connectivity index (χ0) is 11.7. The fourth-order valence-electron chi connectivity index (χ4n) is 1.34. The van der Waals surface area contributed by atoms with Crippen LogP contribution in [0, 0.1) is 6.92 Å². The van der Waals surface area contributed by atoms with E-state index < -0.39 is 5.38 Å². The predicted molar refractivity (Wildman–Crippen MR) is 68.3 cm³/mol. The first-order valence-electron chi connectivity index (χ1n) is 4.89. The molecule has 0 saturated carbocycles. The van der Waals surface area contributed by atoms with E-state index >= 15 is 0 Å². The molecule has 1 heterocycles. The van der Waals surface area contributed by atoms with Crippen molar-refractivity contribution < 1.29 is 4.79 Å². The van der Waals surface area contributed by atoms with Gasteiger partial charge in [-0.05, 0) is 25.5 Å². The van der Waals surface area contributed by atoms with Crippen molar-refractivity contribution in [3.05, 3.63) is 23.8 Å². The molecule has 1 aromatic heterocycles. The van der Waals surface area contributed by atoms with Crippen molar-refractivity contribution in [3.63, 3.8) is 0 Å². The number of aryl methyl sites for hydroxylation is 1. The van der Waals surface area contributed by atoms with E-state index in [2.05, 4.69) is 10.3 Å². The number of benzene rings is 1. The lowest BCUT2D eigenvalue weighted by molar-refractivity contribution is -0.115. The number of thiazole rings is 1. The van der Waals surface area contributed by atoms with Crippen molar-refractivity contribution in [1.82, 2.24) is 4.98 Å². The summed E-state index contributed by atoms with van der Waals surface area (Å²) in [6.07, 6.45) is 0. The predicted octanol–water partition coefficient (Wildman–Crippen LogP) is 3.17. The Labute approximate surface area is 102 Å². The van der Waals surface area contributed by atoms with Gasteiger partial charge in [0, 0.05) is 0 Å². The van der Waals surface area contributed by atoms with E-state index in [-0.39, 0.29) is 5.91 Å². The van der Waals surface area contributed by atoms with Crippen LogP contribution >= 0.6 is 22.9 Å². The maximum absolute atomic E-state index is 11.4. The molecule has 0 aliphatic rings. The van der Waals surface area contributed by atoms with Gasteiger partial charge in [-0.15, -0.1) is 11.6 Å². The fourth-order valence-corrected chi connectivity index (χ4v) is 2.35. The van der Waals surface area contributed by atoms with Crippen LogP contribution in [0.4, 0.5) is 5.13 Å². The van der Waals surface area contributed by atoms with Gasteiger partial charge in [0.25, 0.3) is 0 Å². The highest BCUT2D eigenvalue weighted by molar-refractivity contribution is 7.22. The molecule has 3 nitrogen and oxygen atoms in total. The molecule has 16 heavy (non-hydrogen) atoms. The molecule has 1 amide bonds. The molecule has 0 saturated heterocycles. The normalized spacial score (nSPS) is 12.7. The second-order valence-electron chi connectivity index (χ2n) is 3.55. The summed E-state index contributed by atoms with van der Waals surface area (Å²) >= 11 is 7.13. The number of nitrogens with zero attached hydrogens (tertiary/aromatic N) is 1. The van der Waals surface area contributed by atoms with Crippen molar-refractivity contribution >= 4 is 44.2 Å². The third-order valence-corrected chi connectivity index (χ3v) is 3.35. The highest BCUT2D eigenvalue weighted by Gasteiger charge is 2.12. The van der Waals surface area contributed by atoms with E-state index in [1.807, 2.05) is 25.1 Å². The minimum Gasteiger partial charge on any atom is -0.301 e. The van der Waals surface area contributed by atoms with Crippen LogP contribution in [0.2, 0.25) is 0 Å². The monoisotopic (exact) mass is 254 g/mol. The quantitative estimate of drug-likeness (QED) is 0.837. The second kappa shape index (κ2) is 4.39. The molecular weight excluding hydrogens is 244 g/mol. The van der Waals surface area contributed by atoms with Crippen LogP contribution < -0.4 is 5.32 Å². The Morgan fingerprint density at radius 3 is 2.94 bits per heavy atom. The number of anilines is 1. The molecule has 0 bridgehead atoms. The lowest BCUT2D eigenvalue weighted by atomic mass is 10.2. The number of aromatic nitrogens is 1. The Kier molecular flexibility index (Phi) is 3.12. The number of amides is 1. The van der Waals surface area contributed by atoms with Crippen LogP contribution in [-0.4, -0.2) is 16.3 Å². The molecule has 0 aliphatic heterocycles. The topological polar surface area (TPSA) is 42.0 Å². The summed E-state index contributed by atoms with van der Waals surface area (Å²) in [5.74, 6) is -0.224. The van der Waals surface area contributed by atoms with Gasteiger partial charge >= 0.3 is 0 Å². The van der Waals surface area contributed by atoms with Crippen LogP contribution in [0.15, 0.2) is 18.2 Å². The number of hydrogen-bond acceptors (Lipinski definition) is 3. The number of fused-ring (bicyclic) bond motifs is 1. The van der Waals surface area contributed by atoms with Crippen LogP contribution in [0.5, 0.6) is 0 Å². The van der Waals surface area contributed by atoms with Crippen LogP contribution in [0.25, 0.3) is 10.2 Å². The first kappa shape index (κ1) is 11.4. The first-order chi connectivity index (χ1) is 7.58. The molecule has 5 heteroatoms. The van der Waals surface area contributed by atoms with Crippen molar-refractivity contribution in [3.8, 4) is 0 Å². The summed E-state index contributed by atoms with van der Waals surface area (Å²) in [6.45, 7) is 3.63. The fraction of sp³-hybridized carbons (Fsp3) is 0.273. The molecular formula is C11H11ClN2OS. The zero-order valence-electron chi connectivity index (χ0n) is 8.95. The lowest BCUT2D eigenvalue weighted by Crippen LogP contribution is -2.19. The first-order valence-corrected chi connectivity index (χ1v) is 6.14. The Morgan fingerprint density at radius 2 is 2.31 bits per heavy atom. The highest BCUT2D eigenvalue weighted by atomic mass is 35.5. The van der Waals surface area contributed by atoms with E-state index in [4.69, 9.17) is 11.6 Å². The number of rotatable bonds is 2. The molecule has 0 unspecified atom stereocenters. The summed E-state index contributed by atoms with van der Waals surface area (Å²) in [7, 11) is 0. The molecule has 0 aliphatic carbocycles. The smallest absolute Gasteiger partial charge is 0.243 e. The van der Waals surface area contributed by atoms with Crippen molar-refractivity contribution in [2.24, 2.45) is 0 Å². The average molecular weight is 255 g/mol. The van der Waals surface area contributed by atoms with Crippen molar-refractivity contribution in [2.75, 3.05) is 5.32 Å². The SMILES string of the molecule is Cc1cccc2sc(NC(=O)[C@H](C)Cl)nc12. The second-order valence-corrected chi connectivity index (χ2v) is 5.23. The van der Waals surface area contributed by atoms with Crippen molar-refractivity contribution in [1.29, 1.82) is 0 Å². The minimum atomic E-state index is -0.548. The van der Waals surface area contributed by atoms with Gasteiger partial charge in [-0.2, -0.15) is 0 Å². The number of halogens is 1. The largest absolute Gasteiger partial charge is 0.301 e. The molecule has 0 fully saturated rings. The number of alkyl halides is 1. The van der Waals surface area contributed by atoms with Gasteiger partial charge in [0.15, 0.2) is 5.13 Å². The summed E-state index contributed by atoms with van der Waals surface area (Å²) in [5, 5.41) is 2.75. The molecule has 0 spiro atoms. The van der Waals surface area contributed by atoms with E-state index in [1.165, 1.54) is 11.3 Å². The minimum absolute atomic E-state index is 0.224. The molecule has 1 aromatic carbocycles. The summed E-state index contributed by atoms with van der Waals surface area (Å²) < 4.78 is 1.07. The Bertz CT molecular complexity index is 536. The molecule has 2 aromatic rings. The molecule has 84 valence electrons. The van der Waals surface area contributed by atoms with Gasteiger partial charge in [0.05, 0.1) is 10.2 Å². The van der Waals surface area contributed by atoms with Gasteiger partial charge in [-0.1, -0.05) is 23.5 Å². The van der Waals surface area contributed by atoms with Gasteiger partial charge in [-0.3, -0.25) is 4.79 Å². The Hall–Kier alpha value is -1.13. The zero-order valence-corrected chi connectivity index (χ0v) is 10.5. The number of hydrogen-bond donors (Lipinski definition) is 1. The number of para-hydroxylation sites is 1. The molecule has 1 N–H and O–H groups in total. The summed E-state index contributed by atoms with van der Waals surface area (Å²) in [5.41, 5.74) is 2.04. The molecule has 0 radical (unpaired) electrons. The maximum atomic E-state index is 11.4. The Morgan fingerprint density at radius 1 is 1.56 bits per heavy atom. The van der Waals surface area contributed by atoms with Crippen LogP contribution in [0.3, 0.4) is 0 Å². The van der Waals surface area contributed by atoms with E-state index in [1.54, 1.807) is 6.92 Å². The summed E-state index contributed by atoms with van der Waals surface area (Å²) in [4.78, 5) is 15.8. The molecule has 2 rings (SSSR count). The van der Waals surface area contributed by atoms with Gasteiger partial charge < -0.3 is 5.32 Å². The van der Waals surface area contributed by atoms with E-state index in [9.17, 15) is 4.79 Å². The lowest BCUT2D eigenvalue weighted by Gasteiger charge is -2.01. The van der Waals surface area contributed by atoms with Crippen molar-refractivity contribution in [2.45, 2.75) is 19.2 Å². The van der Waals surface area contributed by atoms with Gasteiger partial charge in [0.2, 0.25) is 5.91 Å². The maximum Gasteiger partial charge on any atom is 0.243 e. The number of carbonyl (C=O) groups is 1. The van der Waals surface area contributed by atoms with E-state index in [0.29, 0.717) is 5.13 Å². The van der Waals surface area contributed by atoms with Crippen LogP contribution in [-0.2, 0) is 4.79 Å².